The van der Waals surface area contributed by atoms with Gasteiger partial charge < -0.3 is 15.0 Å². The van der Waals surface area contributed by atoms with E-state index in [2.05, 4.69) is 22.3 Å². The monoisotopic (exact) mass is 525 g/mol. The van der Waals surface area contributed by atoms with Crippen LogP contribution in [0, 0.1) is 0 Å². The summed E-state index contributed by atoms with van der Waals surface area (Å²) in [7, 11) is -3.71. The van der Waals surface area contributed by atoms with Crippen LogP contribution in [-0.2, 0) is 21.3 Å². The number of hydrogen-bond donors (Lipinski definition) is 1. The van der Waals surface area contributed by atoms with Crippen LogP contribution < -0.4 is 14.5 Å². The van der Waals surface area contributed by atoms with Crippen molar-refractivity contribution in [2.75, 3.05) is 48.3 Å². The molecule has 0 bridgehead atoms. The number of benzene rings is 3. The summed E-state index contributed by atoms with van der Waals surface area (Å²) in [6, 6.07) is 21.7. The number of nitrogens with one attached hydrogen (secondary N) is 1. The van der Waals surface area contributed by atoms with Gasteiger partial charge in [-0.05, 0) is 79.4 Å². The number of rotatable bonds is 9. The number of thioether (sulfide) groups is 1. The van der Waals surface area contributed by atoms with Gasteiger partial charge in [-0.1, -0.05) is 12.1 Å². The van der Waals surface area contributed by atoms with Crippen LogP contribution in [0.3, 0.4) is 0 Å². The first-order valence-electron chi connectivity index (χ1n) is 11.9. The molecule has 0 atom stereocenters. The second-order valence-corrected chi connectivity index (χ2v) is 11.1. The van der Waals surface area contributed by atoms with E-state index in [4.69, 9.17) is 4.74 Å². The summed E-state index contributed by atoms with van der Waals surface area (Å²) in [6.45, 7) is 5.72. The minimum atomic E-state index is -3.71. The van der Waals surface area contributed by atoms with Gasteiger partial charge in [0.1, 0.15) is 0 Å². The van der Waals surface area contributed by atoms with Crippen LogP contribution in [-0.4, -0.2) is 53.4 Å². The smallest absolute Gasteiger partial charge is 0.264 e. The lowest BCUT2D eigenvalue weighted by Gasteiger charge is -2.28. The Morgan fingerprint density at radius 3 is 2.19 bits per heavy atom. The van der Waals surface area contributed by atoms with Gasteiger partial charge in [-0.15, -0.1) is 11.8 Å². The maximum absolute atomic E-state index is 13.2. The topological polar surface area (TPSA) is 79.0 Å². The largest absolute Gasteiger partial charge is 0.378 e. The van der Waals surface area contributed by atoms with E-state index >= 15 is 0 Å². The highest BCUT2D eigenvalue weighted by Crippen LogP contribution is 2.26. The molecule has 3 aromatic carbocycles. The summed E-state index contributed by atoms with van der Waals surface area (Å²) in [5.41, 5.74) is 3.15. The van der Waals surface area contributed by atoms with Crippen molar-refractivity contribution in [1.82, 2.24) is 5.32 Å². The number of carbonyl (C=O) groups is 1. The molecular formula is C27H31N3O4S2. The van der Waals surface area contributed by atoms with E-state index in [-0.39, 0.29) is 17.3 Å². The SMILES string of the molecule is CCN(c1ccc(C(=O)NCc2ccc(N3CCOCC3)cc2)cc1)S(=O)(=O)c1ccc(SC)cc1. The molecule has 0 spiro atoms. The predicted molar refractivity (Wildman–Crippen MR) is 146 cm³/mol. The number of ether oxygens (including phenoxy) is 1. The molecule has 0 unspecified atom stereocenters. The van der Waals surface area contributed by atoms with Gasteiger partial charge >= 0.3 is 0 Å². The van der Waals surface area contributed by atoms with Crippen LogP contribution >= 0.6 is 11.8 Å². The molecule has 0 saturated carbocycles. The van der Waals surface area contributed by atoms with Crippen molar-refractivity contribution in [1.29, 1.82) is 0 Å². The summed E-state index contributed by atoms with van der Waals surface area (Å²) in [5, 5.41) is 2.94. The second-order valence-electron chi connectivity index (χ2n) is 8.34. The number of carbonyl (C=O) groups excluding carboxylic acids is 1. The van der Waals surface area contributed by atoms with Crippen LogP contribution in [0.1, 0.15) is 22.8 Å². The van der Waals surface area contributed by atoms with E-state index in [0.717, 1.165) is 42.4 Å². The Hall–Kier alpha value is -3.01. The van der Waals surface area contributed by atoms with Crippen molar-refractivity contribution >= 4 is 39.1 Å². The molecule has 4 rings (SSSR count). The first kappa shape index (κ1) is 26.1. The van der Waals surface area contributed by atoms with Crippen LogP contribution in [0.25, 0.3) is 0 Å². The van der Waals surface area contributed by atoms with Gasteiger partial charge in [-0.25, -0.2) is 8.42 Å². The first-order valence-corrected chi connectivity index (χ1v) is 14.6. The molecule has 190 valence electrons. The Morgan fingerprint density at radius 2 is 1.61 bits per heavy atom. The van der Waals surface area contributed by atoms with Crippen LogP contribution in [0.4, 0.5) is 11.4 Å². The molecule has 0 aromatic heterocycles. The zero-order valence-corrected chi connectivity index (χ0v) is 22.1. The summed E-state index contributed by atoms with van der Waals surface area (Å²) < 4.78 is 33.1. The van der Waals surface area contributed by atoms with E-state index in [1.165, 1.54) is 4.31 Å². The summed E-state index contributed by atoms with van der Waals surface area (Å²) in [6.07, 6.45) is 1.95. The third-order valence-corrected chi connectivity index (χ3v) is 8.78. The average Bonchev–Trinajstić information content (AvgIpc) is 2.93. The number of morpholine rings is 1. The van der Waals surface area contributed by atoms with Gasteiger partial charge in [0, 0.05) is 42.3 Å². The van der Waals surface area contributed by atoms with Gasteiger partial charge in [-0.2, -0.15) is 0 Å². The summed E-state index contributed by atoms with van der Waals surface area (Å²) in [4.78, 5) is 16.2. The fraction of sp³-hybridized carbons (Fsp3) is 0.296. The third-order valence-electron chi connectivity index (χ3n) is 6.12. The Morgan fingerprint density at radius 1 is 0.972 bits per heavy atom. The van der Waals surface area contributed by atoms with Crippen LogP contribution in [0.2, 0.25) is 0 Å². The zero-order chi connectivity index (χ0) is 25.5. The Labute approximate surface area is 217 Å². The van der Waals surface area contributed by atoms with Gasteiger partial charge in [0.15, 0.2) is 0 Å². The minimum absolute atomic E-state index is 0.211. The molecule has 1 amide bonds. The fourth-order valence-electron chi connectivity index (χ4n) is 4.08. The van der Waals surface area contributed by atoms with Crippen molar-refractivity contribution in [2.24, 2.45) is 0 Å². The molecule has 36 heavy (non-hydrogen) atoms. The lowest BCUT2D eigenvalue weighted by Crippen LogP contribution is -2.36. The quantitative estimate of drug-likeness (QED) is 0.418. The molecule has 1 aliphatic rings. The third kappa shape index (κ3) is 6.03. The minimum Gasteiger partial charge on any atom is -0.378 e. The first-order chi connectivity index (χ1) is 17.4. The molecular weight excluding hydrogens is 494 g/mol. The summed E-state index contributed by atoms with van der Waals surface area (Å²) in [5.74, 6) is -0.211. The van der Waals surface area contributed by atoms with Gasteiger partial charge in [0.2, 0.25) is 0 Å². The van der Waals surface area contributed by atoms with E-state index in [0.29, 0.717) is 17.8 Å². The number of anilines is 2. The molecule has 0 radical (unpaired) electrons. The van der Waals surface area contributed by atoms with Crippen LogP contribution in [0.5, 0.6) is 0 Å². The van der Waals surface area contributed by atoms with Gasteiger partial charge in [-0.3, -0.25) is 9.10 Å². The molecule has 3 aromatic rings. The Kier molecular flexibility index (Phi) is 8.56. The molecule has 1 fully saturated rings. The standard InChI is InChI=1S/C27H31N3O4S2/c1-3-30(36(32,33)26-14-12-25(35-2)13-15-26)24-10-6-22(7-11-24)27(31)28-20-21-4-8-23(9-5-21)29-16-18-34-19-17-29/h4-15H,3,16-20H2,1-2H3,(H,28,31). The normalized spacial score (nSPS) is 13.9. The van der Waals surface area contributed by atoms with Crippen LogP contribution in [0.15, 0.2) is 82.6 Å². The number of hydrogen-bond acceptors (Lipinski definition) is 6. The Balaban J connectivity index is 1.38. The predicted octanol–water partition coefficient (Wildman–Crippen LogP) is 4.39. The highest BCUT2D eigenvalue weighted by molar-refractivity contribution is 7.98. The van der Waals surface area contributed by atoms with E-state index in [1.807, 2.05) is 18.4 Å². The van der Waals surface area contributed by atoms with Gasteiger partial charge in [0.05, 0.1) is 23.8 Å². The lowest BCUT2D eigenvalue weighted by atomic mass is 10.1. The molecule has 1 heterocycles. The fourth-order valence-corrected chi connectivity index (χ4v) is 5.96. The lowest BCUT2D eigenvalue weighted by molar-refractivity contribution is 0.0951. The van der Waals surface area contributed by atoms with E-state index < -0.39 is 10.0 Å². The molecule has 1 saturated heterocycles. The number of amides is 1. The van der Waals surface area contributed by atoms with Crippen molar-refractivity contribution in [3.05, 3.63) is 83.9 Å². The van der Waals surface area contributed by atoms with Crippen molar-refractivity contribution in [3.8, 4) is 0 Å². The molecule has 7 nitrogen and oxygen atoms in total. The number of nitrogens with zero attached hydrogens (tertiary/aromatic N) is 2. The maximum Gasteiger partial charge on any atom is 0.264 e. The zero-order valence-electron chi connectivity index (χ0n) is 20.5. The maximum atomic E-state index is 13.2. The second kappa shape index (κ2) is 11.8. The molecule has 1 aliphatic heterocycles. The summed E-state index contributed by atoms with van der Waals surface area (Å²) >= 11 is 1.56. The van der Waals surface area contributed by atoms with Gasteiger partial charge in [0.25, 0.3) is 15.9 Å². The highest BCUT2D eigenvalue weighted by atomic mass is 32.2. The molecule has 0 aliphatic carbocycles. The van der Waals surface area contributed by atoms with Crippen molar-refractivity contribution < 1.29 is 17.9 Å². The average molecular weight is 526 g/mol. The van der Waals surface area contributed by atoms with E-state index in [9.17, 15) is 13.2 Å². The van der Waals surface area contributed by atoms with Crippen molar-refractivity contribution in [2.45, 2.75) is 23.3 Å². The highest BCUT2D eigenvalue weighted by Gasteiger charge is 2.23. The molecule has 1 N–H and O–H groups in total. The number of sulfonamides is 1. The molecule has 9 heteroatoms. The Bertz CT molecular complexity index is 1260. The van der Waals surface area contributed by atoms with Crippen molar-refractivity contribution in [3.63, 3.8) is 0 Å². The van der Waals surface area contributed by atoms with E-state index in [1.54, 1.807) is 67.2 Å².